The topological polar surface area (TPSA) is 37.8 Å². The van der Waals surface area contributed by atoms with Crippen molar-refractivity contribution in [2.75, 3.05) is 12.4 Å². The van der Waals surface area contributed by atoms with Crippen LogP contribution < -0.4 is 5.32 Å². The zero-order valence-corrected chi connectivity index (χ0v) is 9.72. The molecule has 1 heterocycles. The zero-order valence-electron chi connectivity index (χ0n) is 7.38. The van der Waals surface area contributed by atoms with Crippen LogP contribution in [0.3, 0.4) is 0 Å². The lowest BCUT2D eigenvalue weighted by Crippen LogP contribution is -1.95. The van der Waals surface area contributed by atoms with Gasteiger partial charge >= 0.3 is 0 Å². The van der Waals surface area contributed by atoms with Crippen molar-refractivity contribution in [3.8, 4) is 0 Å². The molecule has 0 aliphatic heterocycles. The van der Waals surface area contributed by atoms with Gasteiger partial charge in [0.1, 0.15) is 0 Å². The molecule has 0 aliphatic carbocycles. The maximum absolute atomic E-state index is 6.07. The summed E-state index contributed by atoms with van der Waals surface area (Å²) in [6, 6.07) is 3.77. The smallest absolute Gasteiger partial charge is 0.222 e. The second-order valence-corrected chi connectivity index (χ2v) is 3.97. The van der Waals surface area contributed by atoms with Crippen LogP contribution in [0.25, 0.3) is 10.9 Å². The summed E-state index contributed by atoms with van der Waals surface area (Å²) in [6.07, 6.45) is 1.71. The summed E-state index contributed by atoms with van der Waals surface area (Å²) >= 11 is 9.42. The zero-order chi connectivity index (χ0) is 10.1. The maximum Gasteiger partial charge on any atom is 0.222 e. The number of hydrogen-bond donors (Lipinski definition) is 1. The number of hydrogen-bond acceptors (Lipinski definition) is 3. The summed E-state index contributed by atoms with van der Waals surface area (Å²) in [7, 11) is 1.78. The molecule has 0 bridgehead atoms. The van der Waals surface area contributed by atoms with Gasteiger partial charge in [0.05, 0.1) is 10.5 Å². The first-order valence-electron chi connectivity index (χ1n) is 4.01. The molecule has 2 aromatic rings. The number of nitrogens with one attached hydrogen (secondary N) is 1. The number of rotatable bonds is 1. The first-order valence-corrected chi connectivity index (χ1v) is 5.18. The van der Waals surface area contributed by atoms with Crippen LogP contribution in [0, 0.1) is 0 Å². The van der Waals surface area contributed by atoms with Crippen LogP contribution in [0.4, 0.5) is 5.95 Å². The van der Waals surface area contributed by atoms with Crippen molar-refractivity contribution in [3.05, 3.63) is 27.8 Å². The summed E-state index contributed by atoms with van der Waals surface area (Å²) in [5.41, 5.74) is 0.831. The fourth-order valence-electron chi connectivity index (χ4n) is 1.17. The summed E-state index contributed by atoms with van der Waals surface area (Å²) in [5.74, 6) is 0.593. The molecule has 1 aromatic carbocycles. The molecule has 0 saturated carbocycles. The van der Waals surface area contributed by atoms with Crippen molar-refractivity contribution in [1.29, 1.82) is 0 Å². The van der Waals surface area contributed by atoms with Crippen LogP contribution in [0.1, 0.15) is 0 Å². The van der Waals surface area contributed by atoms with Crippen LogP contribution >= 0.6 is 27.5 Å². The molecule has 3 nitrogen and oxygen atoms in total. The predicted octanol–water partition coefficient (Wildman–Crippen LogP) is 3.09. The van der Waals surface area contributed by atoms with E-state index >= 15 is 0 Å². The van der Waals surface area contributed by atoms with E-state index in [0.717, 1.165) is 15.4 Å². The Morgan fingerprint density at radius 3 is 2.93 bits per heavy atom. The molecule has 1 N–H and O–H groups in total. The van der Waals surface area contributed by atoms with Crippen molar-refractivity contribution in [2.24, 2.45) is 0 Å². The molecule has 72 valence electrons. The van der Waals surface area contributed by atoms with E-state index < -0.39 is 0 Å². The normalized spacial score (nSPS) is 10.5. The molecule has 0 atom stereocenters. The van der Waals surface area contributed by atoms with E-state index in [1.165, 1.54) is 0 Å². The maximum atomic E-state index is 6.07. The van der Waals surface area contributed by atoms with Gasteiger partial charge < -0.3 is 5.32 Å². The number of nitrogens with zero attached hydrogens (tertiary/aromatic N) is 2. The number of fused-ring (bicyclic) bond motifs is 1. The Morgan fingerprint density at radius 1 is 1.43 bits per heavy atom. The van der Waals surface area contributed by atoms with Gasteiger partial charge in [0.15, 0.2) is 0 Å². The summed E-state index contributed by atoms with van der Waals surface area (Å²) < 4.78 is 0.854. The highest BCUT2D eigenvalue weighted by Crippen LogP contribution is 2.29. The van der Waals surface area contributed by atoms with E-state index in [9.17, 15) is 0 Å². The third-order valence-electron chi connectivity index (χ3n) is 1.88. The molecule has 0 saturated heterocycles. The summed E-state index contributed by atoms with van der Waals surface area (Å²) in [5, 5.41) is 4.37. The van der Waals surface area contributed by atoms with Crippen molar-refractivity contribution in [1.82, 2.24) is 9.97 Å². The number of anilines is 1. The van der Waals surface area contributed by atoms with Gasteiger partial charge in [-0.3, -0.25) is 0 Å². The molecule has 0 unspecified atom stereocenters. The van der Waals surface area contributed by atoms with E-state index in [4.69, 9.17) is 11.6 Å². The third kappa shape index (κ3) is 1.55. The summed E-state index contributed by atoms with van der Waals surface area (Å²) in [6.45, 7) is 0. The largest absolute Gasteiger partial charge is 0.357 e. The molecule has 14 heavy (non-hydrogen) atoms. The highest BCUT2D eigenvalue weighted by molar-refractivity contribution is 9.10. The average molecular weight is 273 g/mol. The Bertz CT molecular complexity index is 487. The number of benzene rings is 1. The second-order valence-electron chi connectivity index (χ2n) is 2.74. The lowest BCUT2D eigenvalue weighted by Gasteiger charge is -2.03. The quantitative estimate of drug-likeness (QED) is 0.867. The standard InChI is InChI=1S/C9H7BrClN3/c1-12-9-13-4-5-7(14-9)3-2-6(10)8(5)11/h2-4H,1H3,(H,12,13,14). The highest BCUT2D eigenvalue weighted by atomic mass is 79.9. The first kappa shape index (κ1) is 9.68. The van der Waals surface area contributed by atoms with Crippen LogP contribution in [0.2, 0.25) is 5.02 Å². The number of aromatic nitrogens is 2. The molecule has 0 radical (unpaired) electrons. The minimum absolute atomic E-state index is 0.593. The minimum atomic E-state index is 0.593. The lowest BCUT2D eigenvalue weighted by molar-refractivity contribution is 1.19. The van der Waals surface area contributed by atoms with Crippen molar-refractivity contribution in [3.63, 3.8) is 0 Å². The Kier molecular flexibility index (Phi) is 2.56. The molecule has 2 rings (SSSR count). The Morgan fingerprint density at radius 2 is 2.21 bits per heavy atom. The predicted molar refractivity (Wildman–Crippen MR) is 61.8 cm³/mol. The molecular weight excluding hydrogens is 265 g/mol. The molecule has 0 aliphatic rings. The van der Waals surface area contributed by atoms with Crippen LogP contribution in [-0.2, 0) is 0 Å². The lowest BCUT2D eigenvalue weighted by atomic mass is 10.2. The van der Waals surface area contributed by atoms with E-state index in [1.54, 1.807) is 13.2 Å². The van der Waals surface area contributed by atoms with Gasteiger partial charge in [0.25, 0.3) is 0 Å². The number of halogens is 2. The van der Waals surface area contributed by atoms with Crippen molar-refractivity contribution in [2.45, 2.75) is 0 Å². The van der Waals surface area contributed by atoms with Crippen LogP contribution in [0.15, 0.2) is 22.8 Å². The van der Waals surface area contributed by atoms with Crippen molar-refractivity contribution < 1.29 is 0 Å². The monoisotopic (exact) mass is 271 g/mol. The van der Waals surface area contributed by atoms with Crippen molar-refractivity contribution >= 4 is 44.4 Å². The van der Waals surface area contributed by atoms with Gasteiger partial charge in [-0.1, -0.05) is 11.6 Å². The Balaban J connectivity index is 2.74. The van der Waals surface area contributed by atoms with E-state index in [1.807, 2.05) is 12.1 Å². The minimum Gasteiger partial charge on any atom is -0.357 e. The fourth-order valence-corrected chi connectivity index (χ4v) is 1.72. The molecule has 5 heteroatoms. The van der Waals surface area contributed by atoms with Gasteiger partial charge in [-0.25, -0.2) is 9.97 Å². The molecule has 0 spiro atoms. The Labute approximate surface area is 94.6 Å². The fraction of sp³-hybridized carbons (Fsp3) is 0.111. The molecular formula is C9H7BrClN3. The molecule has 0 amide bonds. The van der Waals surface area contributed by atoms with Gasteiger partial charge in [-0.15, -0.1) is 0 Å². The Hall–Kier alpha value is -0.870. The highest BCUT2D eigenvalue weighted by Gasteiger charge is 2.05. The van der Waals surface area contributed by atoms with E-state index in [-0.39, 0.29) is 0 Å². The summed E-state index contributed by atoms with van der Waals surface area (Å²) in [4.78, 5) is 8.37. The van der Waals surface area contributed by atoms with Gasteiger partial charge in [-0.05, 0) is 28.1 Å². The average Bonchev–Trinajstić information content (AvgIpc) is 2.23. The molecule has 1 aromatic heterocycles. The van der Waals surface area contributed by atoms with Gasteiger partial charge in [-0.2, -0.15) is 0 Å². The first-order chi connectivity index (χ1) is 6.72. The SMILES string of the molecule is CNc1ncc2c(Cl)c(Br)ccc2n1. The van der Waals surface area contributed by atoms with Gasteiger partial charge in [0, 0.05) is 23.1 Å². The van der Waals surface area contributed by atoms with Crippen LogP contribution in [0.5, 0.6) is 0 Å². The molecule has 0 fully saturated rings. The van der Waals surface area contributed by atoms with E-state index in [0.29, 0.717) is 11.0 Å². The van der Waals surface area contributed by atoms with Gasteiger partial charge in [0.2, 0.25) is 5.95 Å². The third-order valence-corrected chi connectivity index (χ3v) is 3.17. The van der Waals surface area contributed by atoms with E-state index in [2.05, 4.69) is 31.2 Å². The van der Waals surface area contributed by atoms with Crippen LogP contribution in [-0.4, -0.2) is 17.0 Å². The second kappa shape index (κ2) is 3.71.